The van der Waals surface area contributed by atoms with Crippen LogP contribution < -0.4 is 14.8 Å². The molecule has 106 valence electrons. The molecule has 0 aliphatic heterocycles. The van der Waals surface area contributed by atoms with E-state index in [1.54, 1.807) is 21.3 Å². The summed E-state index contributed by atoms with van der Waals surface area (Å²) in [6.07, 6.45) is 0.276. The van der Waals surface area contributed by atoms with Crippen molar-refractivity contribution in [2.24, 2.45) is 0 Å². The lowest BCUT2D eigenvalue weighted by Crippen LogP contribution is -2.28. The van der Waals surface area contributed by atoms with Crippen molar-refractivity contribution in [2.45, 2.75) is 13.3 Å². The SMILES string of the molecule is COCCNC(=O)Cc1ccc(OC)c(C)c1OC. The third kappa shape index (κ3) is 4.13. The van der Waals surface area contributed by atoms with E-state index >= 15 is 0 Å². The summed E-state index contributed by atoms with van der Waals surface area (Å²) in [5, 5.41) is 2.78. The zero-order valence-corrected chi connectivity index (χ0v) is 11.9. The van der Waals surface area contributed by atoms with Gasteiger partial charge in [-0.15, -0.1) is 0 Å². The number of hydrogen-bond donors (Lipinski definition) is 1. The van der Waals surface area contributed by atoms with Crippen LogP contribution in [0, 0.1) is 6.92 Å². The van der Waals surface area contributed by atoms with Gasteiger partial charge in [0.15, 0.2) is 0 Å². The van der Waals surface area contributed by atoms with Gasteiger partial charge in [0.2, 0.25) is 5.91 Å². The van der Waals surface area contributed by atoms with Crippen molar-refractivity contribution >= 4 is 5.91 Å². The third-order valence-electron chi connectivity index (χ3n) is 2.84. The van der Waals surface area contributed by atoms with Crippen molar-refractivity contribution in [3.63, 3.8) is 0 Å². The topological polar surface area (TPSA) is 56.8 Å². The molecule has 0 aliphatic carbocycles. The molecule has 0 heterocycles. The molecule has 1 rings (SSSR count). The van der Waals surface area contributed by atoms with E-state index in [4.69, 9.17) is 14.2 Å². The molecular formula is C14H21NO4. The first-order chi connectivity index (χ1) is 9.13. The first-order valence-corrected chi connectivity index (χ1v) is 6.10. The Hall–Kier alpha value is -1.75. The Bertz CT molecular complexity index is 432. The van der Waals surface area contributed by atoms with Gasteiger partial charge in [-0.1, -0.05) is 6.07 Å². The first-order valence-electron chi connectivity index (χ1n) is 6.10. The summed E-state index contributed by atoms with van der Waals surface area (Å²) >= 11 is 0. The highest BCUT2D eigenvalue weighted by atomic mass is 16.5. The summed E-state index contributed by atoms with van der Waals surface area (Å²) in [6, 6.07) is 3.69. The number of benzene rings is 1. The summed E-state index contributed by atoms with van der Waals surface area (Å²) in [5.41, 5.74) is 1.74. The normalized spacial score (nSPS) is 10.1. The molecule has 0 radical (unpaired) electrons. The maximum Gasteiger partial charge on any atom is 0.224 e. The molecular weight excluding hydrogens is 246 g/mol. The Labute approximate surface area is 113 Å². The number of hydrogen-bond acceptors (Lipinski definition) is 4. The second-order valence-electron chi connectivity index (χ2n) is 4.10. The van der Waals surface area contributed by atoms with Crippen molar-refractivity contribution < 1.29 is 19.0 Å². The molecule has 0 saturated heterocycles. The van der Waals surface area contributed by atoms with Gasteiger partial charge in [0.25, 0.3) is 0 Å². The van der Waals surface area contributed by atoms with E-state index in [9.17, 15) is 4.79 Å². The number of ether oxygens (including phenoxy) is 3. The second kappa shape index (κ2) is 7.63. The molecule has 19 heavy (non-hydrogen) atoms. The van der Waals surface area contributed by atoms with Crippen LogP contribution in [0.2, 0.25) is 0 Å². The Morgan fingerprint density at radius 2 is 1.95 bits per heavy atom. The summed E-state index contributed by atoms with van der Waals surface area (Å²) < 4.78 is 15.5. The summed E-state index contributed by atoms with van der Waals surface area (Å²) in [6.45, 7) is 2.92. The van der Waals surface area contributed by atoms with Crippen molar-refractivity contribution in [1.29, 1.82) is 0 Å². The van der Waals surface area contributed by atoms with Crippen molar-refractivity contribution in [3.8, 4) is 11.5 Å². The highest BCUT2D eigenvalue weighted by Gasteiger charge is 2.13. The monoisotopic (exact) mass is 267 g/mol. The molecule has 1 aromatic carbocycles. The van der Waals surface area contributed by atoms with Crippen molar-refractivity contribution in [1.82, 2.24) is 5.32 Å². The van der Waals surface area contributed by atoms with Crippen LogP contribution in [-0.2, 0) is 16.0 Å². The largest absolute Gasteiger partial charge is 0.496 e. The molecule has 1 N–H and O–H groups in total. The predicted octanol–water partition coefficient (Wildman–Crippen LogP) is 1.32. The molecule has 5 heteroatoms. The number of nitrogens with one attached hydrogen (secondary N) is 1. The van der Waals surface area contributed by atoms with Gasteiger partial charge >= 0.3 is 0 Å². The Kier molecular flexibility index (Phi) is 6.15. The highest BCUT2D eigenvalue weighted by Crippen LogP contribution is 2.31. The molecule has 1 amide bonds. The lowest BCUT2D eigenvalue weighted by atomic mass is 10.1. The minimum atomic E-state index is -0.0556. The third-order valence-corrected chi connectivity index (χ3v) is 2.84. The van der Waals surface area contributed by atoms with Gasteiger partial charge in [0, 0.05) is 24.8 Å². The zero-order valence-electron chi connectivity index (χ0n) is 11.9. The quantitative estimate of drug-likeness (QED) is 0.757. The van der Waals surface area contributed by atoms with Gasteiger partial charge in [-0.25, -0.2) is 0 Å². The molecule has 0 unspecified atom stereocenters. The van der Waals surface area contributed by atoms with Gasteiger partial charge in [-0.05, 0) is 13.0 Å². The fourth-order valence-electron chi connectivity index (χ4n) is 1.90. The number of rotatable bonds is 7. The first kappa shape index (κ1) is 15.3. The smallest absolute Gasteiger partial charge is 0.224 e. The van der Waals surface area contributed by atoms with Crippen LogP contribution in [0.25, 0.3) is 0 Å². The molecule has 0 atom stereocenters. The maximum atomic E-state index is 11.8. The molecule has 0 saturated carbocycles. The van der Waals surface area contributed by atoms with Crippen LogP contribution in [0.15, 0.2) is 12.1 Å². The zero-order chi connectivity index (χ0) is 14.3. The van der Waals surface area contributed by atoms with Crippen molar-refractivity contribution in [3.05, 3.63) is 23.3 Å². The number of amides is 1. The minimum absolute atomic E-state index is 0.0556. The number of methoxy groups -OCH3 is 3. The minimum Gasteiger partial charge on any atom is -0.496 e. The Balaban J connectivity index is 2.78. The van der Waals surface area contributed by atoms with E-state index in [-0.39, 0.29) is 12.3 Å². The van der Waals surface area contributed by atoms with Crippen LogP contribution in [0.5, 0.6) is 11.5 Å². The molecule has 1 aromatic rings. The van der Waals surface area contributed by atoms with Crippen LogP contribution >= 0.6 is 0 Å². The van der Waals surface area contributed by atoms with Crippen LogP contribution in [0.3, 0.4) is 0 Å². The maximum absolute atomic E-state index is 11.8. The number of carbonyl (C=O) groups is 1. The lowest BCUT2D eigenvalue weighted by molar-refractivity contribution is -0.120. The van der Waals surface area contributed by atoms with Crippen molar-refractivity contribution in [2.75, 3.05) is 34.5 Å². The summed E-state index contributed by atoms with van der Waals surface area (Å²) in [4.78, 5) is 11.8. The predicted molar refractivity (Wildman–Crippen MR) is 72.9 cm³/mol. The van der Waals surface area contributed by atoms with Gasteiger partial charge in [0.1, 0.15) is 11.5 Å². The van der Waals surface area contributed by atoms with E-state index in [1.165, 1.54) is 0 Å². The molecule has 0 spiro atoms. The fourth-order valence-corrected chi connectivity index (χ4v) is 1.90. The standard InChI is InChI=1S/C14H21NO4/c1-10-12(18-3)6-5-11(14(10)19-4)9-13(16)15-7-8-17-2/h5-6H,7-9H2,1-4H3,(H,15,16). The summed E-state index contributed by atoms with van der Waals surface area (Å²) in [7, 11) is 4.80. The fraction of sp³-hybridized carbons (Fsp3) is 0.500. The Morgan fingerprint density at radius 3 is 2.53 bits per heavy atom. The summed E-state index contributed by atoms with van der Waals surface area (Å²) in [5.74, 6) is 1.39. The van der Waals surface area contributed by atoms with E-state index in [0.717, 1.165) is 16.9 Å². The van der Waals surface area contributed by atoms with E-state index < -0.39 is 0 Å². The molecule has 0 aromatic heterocycles. The molecule has 0 bridgehead atoms. The van der Waals surface area contributed by atoms with Gasteiger partial charge in [0.05, 0.1) is 27.2 Å². The van der Waals surface area contributed by atoms with Gasteiger partial charge in [-0.3, -0.25) is 4.79 Å². The molecule has 0 fully saturated rings. The van der Waals surface area contributed by atoms with Crippen LogP contribution in [-0.4, -0.2) is 40.4 Å². The molecule has 0 aliphatic rings. The lowest BCUT2D eigenvalue weighted by Gasteiger charge is -2.14. The van der Waals surface area contributed by atoms with E-state index in [1.807, 2.05) is 19.1 Å². The van der Waals surface area contributed by atoms with Gasteiger partial charge < -0.3 is 19.5 Å². The van der Waals surface area contributed by atoms with Crippen LogP contribution in [0.4, 0.5) is 0 Å². The van der Waals surface area contributed by atoms with Crippen LogP contribution in [0.1, 0.15) is 11.1 Å². The van der Waals surface area contributed by atoms with E-state index in [0.29, 0.717) is 18.9 Å². The average molecular weight is 267 g/mol. The second-order valence-corrected chi connectivity index (χ2v) is 4.10. The molecule has 5 nitrogen and oxygen atoms in total. The number of carbonyl (C=O) groups excluding carboxylic acids is 1. The Morgan fingerprint density at radius 1 is 1.21 bits per heavy atom. The van der Waals surface area contributed by atoms with Gasteiger partial charge in [-0.2, -0.15) is 0 Å². The van der Waals surface area contributed by atoms with E-state index in [2.05, 4.69) is 5.32 Å². The highest BCUT2D eigenvalue weighted by molar-refractivity contribution is 5.79. The average Bonchev–Trinajstić information content (AvgIpc) is 2.39.